The average Bonchev–Trinajstić information content (AvgIpc) is 2.53. The largest absolute Gasteiger partial charge is 0.508 e. The molecular formula is C20H23NO. The van der Waals surface area contributed by atoms with Crippen LogP contribution in [0.2, 0.25) is 0 Å². The van der Waals surface area contributed by atoms with Crippen LogP contribution in [0.15, 0.2) is 48.5 Å². The average molecular weight is 293 g/mol. The number of hydrogen-bond acceptors (Lipinski definition) is 2. The van der Waals surface area contributed by atoms with Crippen LogP contribution < -0.4 is 0 Å². The number of likely N-dealkylation sites (N-methyl/N-ethyl adjacent to an activating group) is 1. The van der Waals surface area contributed by atoms with E-state index in [1.54, 1.807) is 0 Å². The number of phenols is 1. The number of aromatic hydroxyl groups is 1. The number of piperidine rings is 1. The van der Waals surface area contributed by atoms with Gasteiger partial charge in [-0.2, -0.15) is 0 Å². The van der Waals surface area contributed by atoms with E-state index in [-0.39, 0.29) is 5.41 Å². The first kappa shape index (κ1) is 13.8. The van der Waals surface area contributed by atoms with Crippen molar-refractivity contribution in [2.45, 2.75) is 31.2 Å². The number of likely N-dealkylation sites (tertiary alicyclic amines) is 1. The normalized spacial score (nSPS) is 30.8. The molecule has 2 aromatic carbocycles. The first-order chi connectivity index (χ1) is 10.6. The third-order valence-corrected chi connectivity index (χ3v) is 6.07. The second kappa shape index (κ2) is 4.85. The van der Waals surface area contributed by atoms with Crippen molar-refractivity contribution in [3.05, 3.63) is 65.2 Å². The zero-order valence-electron chi connectivity index (χ0n) is 13.3. The lowest BCUT2D eigenvalue weighted by Gasteiger charge is -2.55. The van der Waals surface area contributed by atoms with Crippen LogP contribution in [-0.4, -0.2) is 29.6 Å². The standard InChI is InChI=1S/C20H23NO/c1-14-19-12-15-8-9-17(22)13-18(15)20(14,10-11-21(19)2)16-6-4-3-5-7-16/h3-9,13-14,19,22H,10-12H2,1-2H3/t14-,19+,20+/m1/s1. The van der Waals surface area contributed by atoms with Crippen molar-refractivity contribution in [3.63, 3.8) is 0 Å². The van der Waals surface area contributed by atoms with Crippen LogP contribution in [0.1, 0.15) is 30.0 Å². The fraction of sp³-hybridized carbons (Fsp3) is 0.400. The fourth-order valence-corrected chi connectivity index (χ4v) is 4.85. The predicted octanol–water partition coefficient (Wildman–Crippen LogP) is 3.57. The molecule has 1 saturated heterocycles. The molecule has 0 spiro atoms. The van der Waals surface area contributed by atoms with Gasteiger partial charge in [-0.15, -0.1) is 0 Å². The van der Waals surface area contributed by atoms with E-state index in [2.05, 4.69) is 55.3 Å². The Hall–Kier alpha value is -1.80. The Bertz CT molecular complexity index is 696. The van der Waals surface area contributed by atoms with Gasteiger partial charge in [-0.05, 0) is 61.2 Å². The summed E-state index contributed by atoms with van der Waals surface area (Å²) >= 11 is 0. The molecule has 1 N–H and O–H groups in total. The van der Waals surface area contributed by atoms with E-state index >= 15 is 0 Å². The number of phenolic OH excluding ortho intramolecular Hbond substituents is 1. The van der Waals surface area contributed by atoms with Crippen molar-refractivity contribution in [2.75, 3.05) is 13.6 Å². The summed E-state index contributed by atoms with van der Waals surface area (Å²) in [7, 11) is 2.25. The van der Waals surface area contributed by atoms with Crippen LogP contribution in [0.4, 0.5) is 0 Å². The monoisotopic (exact) mass is 293 g/mol. The molecule has 2 nitrogen and oxygen atoms in total. The summed E-state index contributed by atoms with van der Waals surface area (Å²) in [6, 6.07) is 17.4. The van der Waals surface area contributed by atoms with E-state index < -0.39 is 0 Å². The smallest absolute Gasteiger partial charge is 0.115 e. The van der Waals surface area contributed by atoms with Crippen molar-refractivity contribution in [3.8, 4) is 5.75 Å². The Kier molecular flexibility index (Phi) is 3.05. The topological polar surface area (TPSA) is 23.5 Å². The molecule has 0 unspecified atom stereocenters. The molecular weight excluding hydrogens is 270 g/mol. The second-order valence-corrected chi connectivity index (χ2v) is 6.97. The van der Waals surface area contributed by atoms with E-state index in [9.17, 15) is 5.11 Å². The maximum Gasteiger partial charge on any atom is 0.115 e. The van der Waals surface area contributed by atoms with Gasteiger partial charge in [0.2, 0.25) is 0 Å². The van der Waals surface area contributed by atoms with E-state index in [1.807, 2.05) is 12.1 Å². The first-order valence-electron chi connectivity index (χ1n) is 8.21. The minimum Gasteiger partial charge on any atom is -0.508 e. The minimum absolute atomic E-state index is 0.0325. The van der Waals surface area contributed by atoms with Crippen molar-refractivity contribution >= 4 is 0 Å². The van der Waals surface area contributed by atoms with Crippen molar-refractivity contribution in [2.24, 2.45) is 5.92 Å². The Morgan fingerprint density at radius 2 is 1.91 bits per heavy atom. The van der Waals surface area contributed by atoms with E-state index in [0.717, 1.165) is 19.4 Å². The van der Waals surface area contributed by atoms with Crippen LogP contribution in [0, 0.1) is 5.92 Å². The molecule has 2 aliphatic rings. The van der Waals surface area contributed by atoms with Gasteiger partial charge in [0.1, 0.15) is 5.75 Å². The molecule has 0 amide bonds. The lowest BCUT2D eigenvalue weighted by Crippen LogP contribution is -2.58. The molecule has 1 heterocycles. The zero-order valence-corrected chi connectivity index (χ0v) is 13.3. The van der Waals surface area contributed by atoms with Crippen LogP contribution in [0.25, 0.3) is 0 Å². The molecule has 1 aliphatic carbocycles. The van der Waals surface area contributed by atoms with Gasteiger partial charge in [0.15, 0.2) is 0 Å². The molecule has 2 bridgehead atoms. The van der Waals surface area contributed by atoms with Crippen LogP contribution in [0.5, 0.6) is 5.75 Å². The van der Waals surface area contributed by atoms with Gasteiger partial charge in [-0.25, -0.2) is 0 Å². The van der Waals surface area contributed by atoms with Gasteiger partial charge in [0.25, 0.3) is 0 Å². The van der Waals surface area contributed by atoms with Crippen LogP contribution in [0.3, 0.4) is 0 Å². The highest BCUT2D eigenvalue weighted by atomic mass is 16.3. The van der Waals surface area contributed by atoms with Gasteiger partial charge in [-0.3, -0.25) is 0 Å². The summed E-state index contributed by atoms with van der Waals surface area (Å²) in [4.78, 5) is 2.52. The van der Waals surface area contributed by atoms with E-state index in [0.29, 0.717) is 17.7 Å². The molecule has 22 heavy (non-hydrogen) atoms. The molecule has 4 rings (SSSR count). The number of fused-ring (bicyclic) bond motifs is 4. The molecule has 1 aliphatic heterocycles. The predicted molar refractivity (Wildman–Crippen MR) is 89.2 cm³/mol. The summed E-state index contributed by atoms with van der Waals surface area (Å²) in [6.07, 6.45) is 2.20. The van der Waals surface area contributed by atoms with Crippen molar-refractivity contribution in [1.29, 1.82) is 0 Å². The molecule has 0 radical (unpaired) electrons. The maximum atomic E-state index is 10.1. The quantitative estimate of drug-likeness (QED) is 0.869. The van der Waals surface area contributed by atoms with E-state index in [1.165, 1.54) is 16.7 Å². The molecule has 2 heteroatoms. The van der Waals surface area contributed by atoms with E-state index in [4.69, 9.17) is 0 Å². The first-order valence-corrected chi connectivity index (χ1v) is 8.21. The van der Waals surface area contributed by atoms with Gasteiger partial charge in [0.05, 0.1) is 0 Å². The van der Waals surface area contributed by atoms with Gasteiger partial charge in [0, 0.05) is 11.5 Å². The Morgan fingerprint density at radius 1 is 1.14 bits per heavy atom. The summed E-state index contributed by atoms with van der Waals surface area (Å²) in [5, 5.41) is 10.1. The highest BCUT2D eigenvalue weighted by Crippen LogP contribution is 2.52. The number of rotatable bonds is 1. The van der Waals surface area contributed by atoms with Crippen molar-refractivity contribution < 1.29 is 5.11 Å². The second-order valence-electron chi connectivity index (χ2n) is 6.97. The summed E-state index contributed by atoms with van der Waals surface area (Å²) in [6.45, 7) is 3.50. The van der Waals surface area contributed by atoms with Crippen LogP contribution >= 0.6 is 0 Å². The third-order valence-electron chi connectivity index (χ3n) is 6.07. The number of benzene rings is 2. The maximum absolute atomic E-state index is 10.1. The summed E-state index contributed by atoms with van der Waals surface area (Å²) in [5.74, 6) is 0.932. The Balaban J connectivity index is 1.99. The van der Waals surface area contributed by atoms with Crippen LogP contribution in [-0.2, 0) is 11.8 Å². The Morgan fingerprint density at radius 3 is 2.68 bits per heavy atom. The van der Waals surface area contributed by atoms with Crippen molar-refractivity contribution in [1.82, 2.24) is 4.90 Å². The molecule has 0 aromatic heterocycles. The molecule has 0 saturated carbocycles. The molecule has 2 aromatic rings. The van der Waals surface area contributed by atoms with Gasteiger partial charge in [-0.1, -0.05) is 43.3 Å². The molecule has 3 atom stereocenters. The Labute approximate surface area is 132 Å². The lowest BCUT2D eigenvalue weighted by atomic mass is 9.55. The SMILES string of the molecule is C[C@@H]1[C@@H]2Cc3ccc(O)cc3[C@@]1(c1ccccc1)CCN2C. The van der Waals surface area contributed by atoms with Gasteiger partial charge < -0.3 is 10.0 Å². The number of nitrogens with zero attached hydrogens (tertiary/aromatic N) is 1. The highest BCUT2D eigenvalue weighted by molar-refractivity contribution is 5.51. The fourth-order valence-electron chi connectivity index (χ4n) is 4.85. The highest BCUT2D eigenvalue weighted by Gasteiger charge is 2.51. The lowest BCUT2D eigenvalue weighted by molar-refractivity contribution is 0.0613. The summed E-state index contributed by atoms with van der Waals surface area (Å²) in [5.41, 5.74) is 4.17. The summed E-state index contributed by atoms with van der Waals surface area (Å²) < 4.78 is 0. The number of hydrogen-bond donors (Lipinski definition) is 1. The minimum atomic E-state index is 0.0325. The molecule has 1 fully saturated rings. The van der Waals surface area contributed by atoms with Gasteiger partial charge >= 0.3 is 0 Å². The molecule has 114 valence electrons. The third kappa shape index (κ3) is 1.77. The zero-order chi connectivity index (χ0) is 15.3.